The first-order valence-electron chi connectivity index (χ1n) is 6.07. The molecule has 0 aliphatic rings. The molecule has 0 unspecified atom stereocenters. The van der Waals surface area contributed by atoms with Gasteiger partial charge in [0.25, 0.3) is 0 Å². The average Bonchev–Trinajstić information content (AvgIpc) is 2.86. The molecule has 0 bridgehead atoms. The van der Waals surface area contributed by atoms with E-state index >= 15 is 0 Å². The Balaban J connectivity index is 1.99. The molecular formula is C13H18N4O. The highest BCUT2D eigenvalue weighted by Gasteiger charge is 2.05. The van der Waals surface area contributed by atoms with E-state index in [-0.39, 0.29) is 0 Å². The molecule has 5 heteroatoms. The van der Waals surface area contributed by atoms with Crippen molar-refractivity contribution in [3.8, 4) is 5.75 Å². The van der Waals surface area contributed by atoms with Crippen molar-refractivity contribution in [2.45, 2.75) is 33.1 Å². The van der Waals surface area contributed by atoms with Crippen LogP contribution in [0.2, 0.25) is 0 Å². The van der Waals surface area contributed by atoms with Crippen LogP contribution in [0.3, 0.4) is 0 Å². The summed E-state index contributed by atoms with van der Waals surface area (Å²) in [7, 11) is 1.71. The molecule has 2 aromatic rings. The third kappa shape index (κ3) is 2.85. The Bertz CT molecular complexity index is 508. The minimum Gasteiger partial charge on any atom is -0.496 e. The molecule has 1 heterocycles. The standard InChI is InChI=1S/C13H18N4O/c1-9-8-12(18-3)10(2)7-11(9)5-4-6-13-14-16-17-15-13/h7-8H,4-6H2,1-3H3,(H,14,15,16,17). The number of nitrogens with zero attached hydrogens (tertiary/aromatic N) is 3. The van der Waals surface area contributed by atoms with Crippen LogP contribution in [-0.4, -0.2) is 27.7 Å². The number of aromatic nitrogens is 4. The van der Waals surface area contributed by atoms with Crippen LogP contribution in [0.25, 0.3) is 0 Å². The van der Waals surface area contributed by atoms with Crippen LogP contribution in [-0.2, 0) is 12.8 Å². The predicted molar refractivity (Wildman–Crippen MR) is 68.7 cm³/mol. The van der Waals surface area contributed by atoms with Crippen LogP contribution < -0.4 is 4.74 Å². The van der Waals surface area contributed by atoms with Gasteiger partial charge in [-0.15, -0.1) is 10.2 Å². The zero-order valence-corrected chi connectivity index (χ0v) is 11.0. The second-order valence-corrected chi connectivity index (χ2v) is 4.43. The summed E-state index contributed by atoms with van der Waals surface area (Å²) < 4.78 is 5.31. The third-order valence-electron chi connectivity index (χ3n) is 3.09. The number of methoxy groups -OCH3 is 1. The zero-order chi connectivity index (χ0) is 13.0. The molecule has 0 saturated carbocycles. The molecule has 0 fully saturated rings. The molecule has 0 atom stereocenters. The van der Waals surface area contributed by atoms with Gasteiger partial charge in [-0.05, 0) is 49.4 Å². The van der Waals surface area contributed by atoms with Gasteiger partial charge in [0.1, 0.15) is 5.75 Å². The number of aryl methyl sites for hydroxylation is 4. The first-order valence-corrected chi connectivity index (χ1v) is 6.07. The van der Waals surface area contributed by atoms with Gasteiger partial charge in [-0.3, -0.25) is 0 Å². The minimum absolute atomic E-state index is 0.776. The lowest BCUT2D eigenvalue weighted by molar-refractivity contribution is 0.411. The molecule has 96 valence electrons. The van der Waals surface area contributed by atoms with Gasteiger partial charge < -0.3 is 4.74 Å². The SMILES string of the molecule is COc1cc(C)c(CCCc2nn[nH]n2)cc1C. The fourth-order valence-corrected chi connectivity index (χ4v) is 2.06. The number of hydrogen-bond acceptors (Lipinski definition) is 4. The number of ether oxygens (including phenoxy) is 1. The molecule has 1 aromatic heterocycles. The fraction of sp³-hybridized carbons (Fsp3) is 0.462. The van der Waals surface area contributed by atoms with E-state index < -0.39 is 0 Å². The lowest BCUT2D eigenvalue weighted by Crippen LogP contribution is -1.97. The normalized spacial score (nSPS) is 10.6. The van der Waals surface area contributed by atoms with Gasteiger partial charge in [0.15, 0.2) is 5.82 Å². The van der Waals surface area contributed by atoms with E-state index in [1.807, 2.05) is 0 Å². The number of nitrogens with one attached hydrogen (secondary N) is 1. The van der Waals surface area contributed by atoms with Gasteiger partial charge >= 0.3 is 0 Å². The molecule has 0 spiro atoms. The Kier molecular flexibility index (Phi) is 3.92. The van der Waals surface area contributed by atoms with Gasteiger partial charge in [0, 0.05) is 6.42 Å². The average molecular weight is 246 g/mol. The van der Waals surface area contributed by atoms with Crippen LogP contribution in [0, 0.1) is 13.8 Å². The fourth-order valence-electron chi connectivity index (χ4n) is 2.06. The molecule has 18 heavy (non-hydrogen) atoms. The molecule has 0 radical (unpaired) electrons. The lowest BCUT2D eigenvalue weighted by atomic mass is 9.99. The highest BCUT2D eigenvalue weighted by molar-refractivity contribution is 5.41. The second kappa shape index (κ2) is 5.62. The van der Waals surface area contributed by atoms with Crippen molar-refractivity contribution in [1.29, 1.82) is 0 Å². The number of aromatic amines is 1. The summed E-state index contributed by atoms with van der Waals surface area (Å²) in [5, 5.41) is 13.9. The van der Waals surface area contributed by atoms with Crippen molar-refractivity contribution >= 4 is 0 Å². The smallest absolute Gasteiger partial charge is 0.174 e. The summed E-state index contributed by atoms with van der Waals surface area (Å²) in [5.74, 6) is 1.73. The molecule has 0 aliphatic heterocycles. The number of benzene rings is 1. The lowest BCUT2D eigenvalue weighted by Gasteiger charge is -2.10. The highest BCUT2D eigenvalue weighted by atomic mass is 16.5. The summed E-state index contributed by atoms with van der Waals surface area (Å²) in [5.41, 5.74) is 3.81. The van der Waals surface area contributed by atoms with E-state index in [1.165, 1.54) is 16.7 Å². The van der Waals surface area contributed by atoms with Crippen molar-refractivity contribution in [1.82, 2.24) is 20.6 Å². The summed E-state index contributed by atoms with van der Waals surface area (Å²) in [4.78, 5) is 0. The van der Waals surface area contributed by atoms with E-state index in [4.69, 9.17) is 4.74 Å². The van der Waals surface area contributed by atoms with E-state index in [0.29, 0.717) is 0 Å². The number of H-pyrrole nitrogens is 1. The summed E-state index contributed by atoms with van der Waals surface area (Å²) in [6, 6.07) is 4.30. The Morgan fingerprint density at radius 2 is 2.00 bits per heavy atom. The molecule has 2 rings (SSSR count). The highest BCUT2D eigenvalue weighted by Crippen LogP contribution is 2.23. The Morgan fingerprint density at radius 1 is 1.17 bits per heavy atom. The molecule has 1 N–H and O–H groups in total. The Morgan fingerprint density at radius 3 is 2.67 bits per heavy atom. The van der Waals surface area contributed by atoms with E-state index in [1.54, 1.807) is 7.11 Å². The van der Waals surface area contributed by atoms with Crippen molar-refractivity contribution in [2.75, 3.05) is 7.11 Å². The first-order chi connectivity index (χ1) is 8.70. The van der Waals surface area contributed by atoms with Crippen LogP contribution in [0.4, 0.5) is 0 Å². The number of rotatable bonds is 5. The summed E-state index contributed by atoms with van der Waals surface area (Å²) >= 11 is 0. The largest absolute Gasteiger partial charge is 0.496 e. The summed E-state index contributed by atoms with van der Waals surface area (Å²) in [6.45, 7) is 4.19. The summed E-state index contributed by atoms with van der Waals surface area (Å²) in [6.07, 6.45) is 2.89. The van der Waals surface area contributed by atoms with Gasteiger partial charge in [0.05, 0.1) is 7.11 Å². The molecule has 0 aliphatic carbocycles. The second-order valence-electron chi connectivity index (χ2n) is 4.43. The van der Waals surface area contributed by atoms with Crippen molar-refractivity contribution in [3.05, 3.63) is 34.6 Å². The van der Waals surface area contributed by atoms with Crippen molar-refractivity contribution in [3.63, 3.8) is 0 Å². The maximum atomic E-state index is 5.31. The monoisotopic (exact) mass is 246 g/mol. The predicted octanol–water partition coefficient (Wildman–Crippen LogP) is 2.00. The van der Waals surface area contributed by atoms with Crippen LogP contribution in [0.1, 0.15) is 28.9 Å². The Labute approximate surface area is 107 Å². The molecule has 1 aromatic carbocycles. The maximum absolute atomic E-state index is 5.31. The van der Waals surface area contributed by atoms with Crippen LogP contribution in [0.15, 0.2) is 12.1 Å². The van der Waals surface area contributed by atoms with Gasteiger partial charge in [-0.2, -0.15) is 5.21 Å². The third-order valence-corrected chi connectivity index (χ3v) is 3.09. The van der Waals surface area contributed by atoms with Crippen molar-refractivity contribution in [2.24, 2.45) is 0 Å². The zero-order valence-electron chi connectivity index (χ0n) is 11.0. The molecular weight excluding hydrogens is 228 g/mol. The molecule has 0 amide bonds. The van der Waals surface area contributed by atoms with E-state index in [2.05, 4.69) is 46.6 Å². The quantitative estimate of drug-likeness (QED) is 0.876. The van der Waals surface area contributed by atoms with E-state index in [0.717, 1.165) is 30.8 Å². The first kappa shape index (κ1) is 12.5. The van der Waals surface area contributed by atoms with Crippen LogP contribution in [0.5, 0.6) is 5.75 Å². The number of tetrazole rings is 1. The Hall–Kier alpha value is -1.91. The maximum Gasteiger partial charge on any atom is 0.174 e. The van der Waals surface area contributed by atoms with Gasteiger partial charge in [-0.25, -0.2) is 0 Å². The van der Waals surface area contributed by atoms with Crippen molar-refractivity contribution < 1.29 is 4.74 Å². The topological polar surface area (TPSA) is 63.7 Å². The van der Waals surface area contributed by atoms with Gasteiger partial charge in [-0.1, -0.05) is 11.3 Å². The van der Waals surface area contributed by atoms with Gasteiger partial charge in [0.2, 0.25) is 0 Å². The molecule has 5 nitrogen and oxygen atoms in total. The van der Waals surface area contributed by atoms with Crippen LogP contribution >= 0.6 is 0 Å². The molecule has 0 saturated heterocycles. The number of hydrogen-bond donors (Lipinski definition) is 1. The minimum atomic E-state index is 0.776. The van der Waals surface area contributed by atoms with E-state index in [9.17, 15) is 0 Å².